The van der Waals surface area contributed by atoms with Gasteiger partial charge in [0.05, 0.1) is 12.7 Å². The van der Waals surface area contributed by atoms with Crippen LogP contribution in [0.25, 0.3) is 0 Å². The van der Waals surface area contributed by atoms with Gasteiger partial charge in [0.2, 0.25) is 5.91 Å². The van der Waals surface area contributed by atoms with Gasteiger partial charge >= 0.3 is 0 Å². The molecule has 2 aromatic rings. The first-order chi connectivity index (χ1) is 11.1. The third-order valence-electron chi connectivity index (χ3n) is 3.33. The highest BCUT2D eigenvalue weighted by Gasteiger charge is 2.09. The van der Waals surface area contributed by atoms with Crippen LogP contribution >= 0.6 is 0 Å². The zero-order valence-electron chi connectivity index (χ0n) is 13.7. The van der Waals surface area contributed by atoms with E-state index in [-0.39, 0.29) is 18.5 Å². The lowest BCUT2D eigenvalue weighted by Crippen LogP contribution is -2.38. The Kier molecular flexibility index (Phi) is 6.05. The highest BCUT2D eigenvalue weighted by molar-refractivity contribution is 5.91. The van der Waals surface area contributed by atoms with Crippen molar-refractivity contribution in [3.8, 4) is 5.75 Å². The molecule has 0 saturated heterocycles. The Morgan fingerprint density at radius 2 is 2.00 bits per heavy atom. The average molecular weight is 314 g/mol. The van der Waals surface area contributed by atoms with Crippen LogP contribution in [0.3, 0.4) is 0 Å². The molecule has 0 aliphatic rings. The average Bonchev–Trinajstić information content (AvgIpc) is 2.53. The van der Waals surface area contributed by atoms with Gasteiger partial charge in [0.1, 0.15) is 12.4 Å². The zero-order chi connectivity index (χ0) is 16.7. The topological polar surface area (TPSA) is 76.1 Å². The molecular weight excluding hydrogens is 292 g/mol. The molecule has 1 heterocycles. The van der Waals surface area contributed by atoms with E-state index in [1.165, 1.54) is 12.4 Å². The third kappa shape index (κ3) is 5.34. The maximum atomic E-state index is 11.8. The highest BCUT2D eigenvalue weighted by Crippen LogP contribution is 2.22. The maximum Gasteiger partial charge on any atom is 0.239 e. The smallest absolute Gasteiger partial charge is 0.239 e. The molecule has 0 radical (unpaired) electrons. The molecule has 0 aliphatic carbocycles. The number of carbonyl (C=O) groups is 1. The number of benzene rings is 1. The maximum absolute atomic E-state index is 11.8. The van der Waals surface area contributed by atoms with Gasteiger partial charge in [0, 0.05) is 18.4 Å². The Morgan fingerprint density at radius 1 is 1.26 bits per heavy atom. The predicted molar refractivity (Wildman–Crippen MR) is 89.5 cm³/mol. The van der Waals surface area contributed by atoms with Crippen LogP contribution in [-0.4, -0.2) is 35.1 Å². The lowest BCUT2D eigenvalue weighted by molar-refractivity contribution is -0.115. The Bertz CT molecular complexity index is 626. The van der Waals surface area contributed by atoms with Gasteiger partial charge in [0.15, 0.2) is 5.82 Å². The van der Waals surface area contributed by atoms with Crippen molar-refractivity contribution in [2.75, 3.05) is 18.5 Å². The van der Waals surface area contributed by atoms with Crippen molar-refractivity contribution in [3.05, 3.63) is 47.9 Å². The highest BCUT2D eigenvalue weighted by atomic mass is 16.5. The van der Waals surface area contributed by atoms with Crippen LogP contribution in [0.1, 0.15) is 18.1 Å². The number of aromatic nitrogens is 2. The number of hydrogen-bond donors (Lipinski definition) is 2. The number of amides is 1. The molecule has 0 unspecified atom stereocenters. The lowest BCUT2D eigenvalue weighted by Gasteiger charge is -2.17. The zero-order valence-corrected chi connectivity index (χ0v) is 13.7. The Hall–Kier alpha value is -2.47. The second-order valence-corrected chi connectivity index (χ2v) is 5.45. The molecule has 6 heteroatoms. The Labute approximate surface area is 136 Å². The molecule has 0 spiro atoms. The van der Waals surface area contributed by atoms with Crippen molar-refractivity contribution in [3.63, 3.8) is 0 Å². The van der Waals surface area contributed by atoms with E-state index in [1.807, 2.05) is 39.0 Å². The van der Waals surface area contributed by atoms with Gasteiger partial charge in [-0.2, -0.15) is 0 Å². The predicted octanol–water partition coefficient (Wildman–Crippen LogP) is 2.09. The van der Waals surface area contributed by atoms with E-state index in [1.54, 1.807) is 6.20 Å². The molecule has 0 aliphatic heterocycles. The summed E-state index contributed by atoms with van der Waals surface area (Å²) in [5.74, 6) is 1.19. The minimum absolute atomic E-state index is 0.0432. The van der Waals surface area contributed by atoms with Crippen LogP contribution in [0.4, 0.5) is 5.82 Å². The second-order valence-electron chi connectivity index (χ2n) is 5.45. The number of nitrogens with zero attached hydrogens (tertiary/aromatic N) is 2. The molecular formula is C17H22N4O2. The monoisotopic (exact) mass is 314 g/mol. The normalized spacial score (nSPS) is 11.8. The van der Waals surface area contributed by atoms with Crippen LogP contribution < -0.4 is 15.4 Å². The van der Waals surface area contributed by atoms with Gasteiger partial charge in [-0.1, -0.05) is 18.2 Å². The van der Waals surface area contributed by atoms with Crippen LogP contribution in [0.2, 0.25) is 0 Å². The van der Waals surface area contributed by atoms with E-state index >= 15 is 0 Å². The van der Waals surface area contributed by atoms with E-state index < -0.39 is 0 Å². The fourth-order valence-electron chi connectivity index (χ4n) is 2.11. The minimum Gasteiger partial charge on any atom is -0.491 e. The van der Waals surface area contributed by atoms with Crippen molar-refractivity contribution in [2.24, 2.45) is 0 Å². The number of hydrogen-bond acceptors (Lipinski definition) is 5. The van der Waals surface area contributed by atoms with Crippen molar-refractivity contribution >= 4 is 11.7 Å². The fourth-order valence-corrected chi connectivity index (χ4v) is 2.11. The quantitative estimate of drug-likeness (QED) is 0.818. The standard InChI is InChI=1S/C17H22N4O2/c1-12-5-4-6-13(2)17(12)23-11-14(3)20-10-16(22)21-15-9-18-7-8-19-15/h4-9,14,20H,10-11H2,1-3H3,(H,19,21,22)/t14-/m1/s1. The summed E-state index contributed by atoms with van der Waals surface area (Å²) in [4.78, 5) is 19.7. The minimum atomic E-state index is -0.163. The third-order valence-corrected chi connectivity index (χ3v) is 3.33. The van der Waals surface area contributed by atoms with E-state index in [4.69, 9.17) is 4.74 Å². The summed E-state index contributed by atoms with van der Waals surface area (Å²) in [6, 6.07) is 6.10. The molecule has 6 nitrogen and oxygen atoms in total. The number of carbonyl (C=O) groups excluding carboxylic acids is 1. The van der Waals surface area contributed by atoms with Crippen molar-refractivity contribution in [1.82, 2.24) is 15.3 Å². The number of anilines is 1. The number of aryl methyl sites for hydroxylation is 2. The summed E-state index contributed by atoms with van der Waals surface area (Å²) >= 11 is 0. The summed E-state index contributed by atoms with van der Waals surface area (Å²) in [5, 5.41) is 5.80. The largest absolute Gasteiger partial charge is 0.491 e. The lowest BCUT2D eigenvalue weighted by atomic mass is 10.1. The van der Waals surface area contributed by atoms with Gasteiger partial charge < -0.3 is 15.4 Å². The molecule has 0 bridgehead atoms. The molecule has 0 fully saturated rings. The molecule has 1 aromatic heterocycles. The first-order valence-electron chi connectivity index (χ1n) is 7.54. The van der Waals surface area contributed by atoms with Crippen LogP contribution in [0.15, 0.2) is 36.8 Å². The van der Waals surface area contributed by atoms with Crippen LogP contribution in [0.5, 0.6) is 5.75 Å². The van der Waals surface area contributed by atoms with Crippen molar-refractivity contribution < 1.29 is 9.53 Å². The van der Waals surface area contributed by atoms with E-state index in [2.05, 4.69) is 20.6 Å². The Morgan fingerprint density at radius 3 is 2.65 bits per heavy atom. The van der Waals surface area contributed by atoms with Crippen LogP contribution in [-0.2, 0) is 4.79 Å². The molecule has 122 valence electrons. The van der Waals surface area contributed by atoms with Gasteiger partial charge in [-0.15, -0.1) is 0 Å². The summed E-state index contributed by atoms with van der Waals surface area (Å²) < 4.78 is 5.86. The fraction of sp³-hybridized carbons (Fsp3) is 0.353. The molecule has 2 rings (SSSR count). The van der Waals surface area contributed by atoms with E-state index in [9.17, 15) is 4.79 Å². The molecule has 2 N–H and O–H groups in total. The van der Waals surface area contributed by atoms with Gasteiger partial charge in [0.25, 0.3) is 0 Å². The first-order valence-corrected chi connectivity index (χ1v) is 7.54. The number of rotatable bonds is 7. The molecule has 1 atom stereocenters. The Balaban J connectivity index is 1.75. The van der Waals surface area contributed by atoms with E-state index in [0.717, 1.165) is 16.9 Å². The molecule has 1 amide bonds. The summed E-state index contributed by atoms with van der Waals surface area (Å²) in [6.07, 6.45) is 4.59. The first kappa shape index (κ1) is 16.9. The van der Waals surface area contributed by atoms with Gasteiger partial charge in [-0.05, 0) is 31.9 Å². The number of para-hydroxylation sites is 1. The second kappa shape index (κ2) is 8.24. The molecule has 23 heavy (non-hydrogen) atoms. The van der Waals surface area contributed by atoms with Gasteiger partial charge in [-0.25, -0.2) is 4.98 Å². The summed E-state index contributed by atoms with van der Waals surface area (Å²) in [6.45, 7) is 6.70. The van der Waals surface area contributed by atoms with E-state index in [0.29, 0.717) is 12.4 Å². The van der Waals surface area contributed by atoms with Gasteiger partial charge in [-0.3, -0.25) is 9.78 Å². The summed E-state index contributed by atoms with van der Waals surface area (Å²) in [7, 11) is 0. The number of ether oxygens (including phenoxy) is 1. The molecule has 0 saturated carbocycles. The molecule has 1 aromatic carbocycles. The summed E-state index contributed by atoms with van der Waals surface area (Å²) in [5.41, 5.74) is 2.22. The van der Waals surface area contributed by atoms with Crippen LogP contribution in [0, 0.1) is 13.8 Å². The SMILES string of the molecule is Cc1cccc(C)c1OC[C@@H](C)NCC(=O)Nc1cnccn1. The number of nitrogens with one attached hydrogen (secondary N) is 2. The van der Waals surface area contributed by atoms with Crippen molar-refractivity contribution in [1.29, 1.82) is 0 Å². The van der Waals surface area contributed by atoms with Crippen molar-refractivity contribution in [2.45, 2.75) is 26.8 Å².